The van der Waals surface area contributed by atoms with Gasteiger partial charge in [-0.15, -0.1) is 5.10 Å². The van der Waals surface area contributed by atoms with Crippen molar-refractivity contribution in [3.63, 3.8) is 0 Å². The summed E-state index contributed by atoms with van der Waals surface area (Å²) in [5.74, 6) is 1.98. The lowest BCUT2D eigenvalue weighted by molar-refractivity contribution is 0.318. The molecule has 2 fully saturated rings. The van der Waals surface area contributed by atoms with E-state index in [2.05, 4.69) is 51.6 Å². The fraction of sp³-hybridized carbons (Fsp3) is 0.556. The molecule has 0 spiro atoms. The lowest BCUT2D eigenvalue weighted by atomic mass is 10.1. The Morgan fingerprint density at radius 3 is 2.91 bits per heavy atom. The highest BCUT2D eigenvalue weighted by Crippen LogP contribution is 2.39. The zero-order valence-corrected chi connectivity index (χ0v) is 13.7. The van der Waals surface area contributed by atoms with Crippen LogP contribution in [0.3, 0.4) is 0 Å². The van der Waals surface area contributed by atoms with Gasteiger partial charge in [0, 0.05) is 25.6 Å². The second kappa shape index (κ2) is 6.32. The van der Waals surface area contributed by atoms with Crippen LogP contribution in [0.5, 0.6) is 0 Å². The van der Waals surface area contributed by atoms with E-state index < -0.39 is 0 Å². The molecule has 1 aromatic heterocycles. The van der Waals surface area contributed by atoms with Gasteiger partial charge in [0.25, 0.3) is 0 Å². The summed E-state index contributed by atoms with van der Waals surface area (Å²) in [6.45, 7) is 6.45. The van der Waals surface area contributed by atoms with Crippen molar-refractivity contribution in [2.45, 2.75) is 38.6 Å². The highest BCUT2D eigenvalue weighted by atomic mass is 16.4. The fourth-order valence-electron chi connectivity index (χ4n) is 3.28. The van der Waals surface area contributed by atoms with Gasteiger partial charge in [-0.3, -0.25) is 4.90 Å². The summed E-state index contributed by atoms with van der Waals surface area (Å²) in [5, 5.41) is 11.5. The first-order valence-corrected chi connectivity index (χ1v) is 8.62. The summed E-state index contributed by atoms with van der Waals surface area (Å²) in [6, 6.07) is 9.25. The lowest BCUT2D eigenvalue weighted by Gasteiger charge is -2.17. The maximum atomic E-state index is 5.66. The fourth-order valence-corrected chi connectivity index (χ4v) is 3.28. The highest BCUT2D eigenvalue weighted by molar-refractivity contribution is 5.25. The molecule has 1 saturated heterocycles. The molecule has 0 radical (unpaired) electrons. The standard InChI is InChI=1S/C18H24N4O/c1-13-4-2-3-5-16(13)12-22-9-8-14(11-22)10-19-18-21-20-17(23-18)15-6-7-15/h2-5,14-15H,6-12H2,1H3,(H,19,21). The Morgan fingerprint density at radius 1 is 1.22 bits per heavy atom. The Labute approximate surface area is 137 Å². The number of rotatable bonds is 6. The van der Waals surface area contributed by atoms with Crippen molar-refractivity contribution in [2.24, 2.45) is 5.92 Å². The number of benzene rings is 1. The van der Waals surface area contributed by atoms with Crippen LogP contribution in [-0.2, 0) is 6.54 Å². The molecule has 1 aliphatic carbocycles. The van der Waals surface area contributed by atoms with Gasteiger partial charge < -0.3 is 9.73 Å². The van der Waals surface area contributed by atoms with E-state index in [4.69, 9.17) is 4.42 Å². The molecule has 1 saturated carbocycles. The normalized spacial score (nSPS) is 21.7. The summed E-state index contributed by atoms with van der Waals surface area (Å²) >= 11 is 0. The van der Waals surface area contributed by atoms with Crippen molar-refractivity contribution in [3.8, 4) is 0 Å². The molecule has 2 aliphatic rings. The van der Waals surface area contributed by atoms with Crippen LogP contribution in [0.25, 0.3) is 0 Å². The van der Waals surface area contributed by atoms with Crippen LogP contribution in [-0.4, -0.2) is 34.7 Å². The molecule has 1 aliphatic heterocycles. The largest absolute Gasteiger partial charge is 0.408 e. The third kappa shape index (κ3) is 3.55. The van der Waals surface area contributed by atoms with Crippen molar-refractivity contribution < 1.29 is 4.42 Å². The molecule has 5 nitrogen and oxygen atoms in total. The van der Waals surface area contributed by atoms with Crippen LogP contribution in [0, 0.1) is 12.8 Å². The zero-order valence-electron chi connectivity index (χ0n) is 13.7. The second-order valence-electron chi connectivity index (χ2n) is 6.92. The number of aryl methyl sites for hydroxylation is 1. The molecule has 1 atom stereocenters. The number of hydrogen-bond donors (Lipinski definition) is 1. The molecule has 122 valence electrons. The molecule has 2 aromatic rings. The SMILES string of the molecule is Cc1ccccc1CN1CCC(CNc2nnc(C3CC3)o2)C1. The highest BCUT2D eigenvalue weighted by Gasteiger charge is 2.29. The van der Waals surface area contributed by atoms with E-state index in [1.165, 1.54) is 30.4 Å². The number of likely N-dealkylation sites (tertiary alicyclic amines) is 1. The minimum Gasteiger partial charge on any atom is -0.408 e. The molecular formula is C18H24N4O. The second-order valence-corrected chi connectivity index (χ2v) is 6.92. The van der Waals surface area contributed by atoms with Crippen molar-refractivity contribution in [1.82, 2.24) is 15.1 Å². The van der Waals surface area contributed by atoms with E-state index in [-0.39, 0.29) is 0 Å². The molecule has 4 rings (SSSR count). The summed E-state index contributed by atoms with van der Waals surface area (Å²) in [4.78, 5) is 2.54. The van der Waals surface area contributed by atoms with E-state index in [1.54, 1.807) is 0 Å². The van der Waals surface area contributed by atoms with Crippen molar-refractivity contribution in [1.29, 1.82) is 0 Å². The Balaban J connectivity index is 1.26. The summed E-state index contributed by atoms with van der Waals surface area (Å²) in [6.07, 6.45) is 3.61. The van der Waals surface area contributed by atoms with Crippen molar-refractivity contribution in [3.05, 3.63) is 41.3 Å². The predicted octanol–water partition coefficient (Wildman–Crippen LogP) is 3.19. The zero-order chi connectivity index (χ0) is 15.6. The van der Waals surface area contributed by atoms with Gasteiger partial charge in [0.2, 0.25) is 5.89 Å². The third-order valence-electron chi connectivity index (χ3n) is 4.93. The Hall–Kier alpha value is -1.88. The van der Waals surface area contributed by atoms with E-state index in [0.717, 1.165) is 32.1 Å². The first-order valence-electron chi connectivity index (χ1n) is 8.62. The van der Waals surface area contributed by atoms with Gasteiger partial charge in [0.05, 0.1) is 0 Å². The molecule has 5 heteroatoms. The first kappa shape index (κ1) is 14.7. The van der Waals surface area contributed by atoms with Crippen LogP contribution in [0.4, 0.5) is 6.01 Å². The molecule has 0 bridgehead atoms. The predicted molar refractivity (Wildman–Crippen MR) is 89.3 cm³/mol. The number of nitrogens with one attached hydrogen (secondary N) is 1. The smallest absolute Gasteiger partial charge is 0.315 e. The molecule has 2 heterocycles. The van der Waals surface area contributed by atoms with Crippen LogP contribution in [0.1, 0.15) is 42.2 Å². The average molecular weight is 312 g/mol. The lowest BCUT2D eigenvalue weighted by Crippen LogP contribution is -2.23. The van der Waals surface area contributed by atoms with Gasteiger partial charge in [0.1, 0.15) is 0 Å². The topological polar surface area (TPSA) is 54.2 Å². The number of nitrogens with zero attached hydrogens (tertiary/aromatic N) is 3. The van der Waals surface area contributed by atoms with Crippen LogP contribution in [0.15, 0.2) is 28.7 Å². The Morgan fingerprint density at radius 2 is 2.09 bits per heavy atom. The summed E-state index contributed by atoms with van der Waals surface area (Å²) < 4.78 is 5.66. The third-order valence-corrected chi connectivity index (χ3v) is 4.93. The minimum atomic E-state index is 0.522. The Bertz CT molecular complexity index is 665. The van der Waals surface area contributed by atoms with Gasteiger partial charge in [-0.25, -0.2) is 0 Å². The molecule has 0 amide bonds. The molecule has 1 N–H and O–H groups in total. The van der Waals surface area contributed by atoms with Crippen LogP contribution in [0.2, 0.25) is 0 Å². The number of anilines is 1. The van der Waals surface area contributed by atoms with Gasteiger partial charge in [0.15, 0.2) is 0 Å². The summed E-state index contributed by atoms with van der Waals surface area (Å²) in [7, 11) is 0. The minimum absolute atomic E-state index is 0.522. The summed E-state index contributed by atoms with van der Waals surface area (Å²) in [5.41, 5.74) is 2.82. The molecule has 23 heavy (non-hydrogen) atoms. The van der Waals surface area contributed by atoms with E-state index in [0.29, 0.717) is 17.9 Å². The maximum absolute atomic E-state index is 5.66. The maximum Gasteiger partial charge on any atom is 0.315 e. The first-order chi connectivity index (χ1) is 11.3. The van der Waals surface area contributed by atoms with Gasteiger partial charge in [-0.05, 0) is 49.8 Å². The van der Waals surface area contributed by atoms with Crippen molar-refractivity contribution in [2.75, 3.05) is 25.0 Å². The van der Waals surface area contributed by atoms with Crippen LogP contribution >= 0.6 is 0 Å². The molecule has 1 unspecified atom stereocenters. The van der Waals surface area contributed by atoms with Crippen LogP contribution < -0.4 is 5.32 Å². The monoisotopic (exact) mass is 312 g/mol. The average Bonchev–Trinajstić information content (AvgIpc) is 3.13. The van der Waals surface area contributed by atoms with Gasteiger partial charge in [-0.2, -0.15) is 0 Å². The molecule has 1 aromatic carbocycles. The molecular weight excluding hydrogens is 288 g/mol. The van der Waals surface area contributed by atoms with E-state index in [1.807, 2.05) is 0 Å². The Kier molecular flexibility index (Phi) is 4.04. The van der Waals surface area contributed by atoms with E-state index in [9.17, 15) is 0 Å². The van der Waals surface area contributed by atoms with E-state index >= 15 is 0 Å². The van der Waals surface area contributed by atoms with Gasteiger partial charge >= 0.3 is 6.01 Å². The quantitative estimate of drug-likeness (QED) is 0.888. The van der Waals surface area contributed by atoms with Crippen molar-refractivity contribution >= 4 is 6.01 Å². The van der Waals surface area contributed by atoms with Gasteiger partial charge in [-0.1, -0.05) is 29.4 Å². The number of hydrogen-bond acceptors (Lipinski definition) is 5. The number of aromatic nitrogens is 2.